The lowest BCUT2D eigenvalue weighted by Gasteiger charge is -2.32. The number of pyridine rings is 1. The van der Waals surface area contributed by atoms with Crippen LogP contribution in [-0.4, -0.2) is 35.4 Å². The molecule has 1 aliphatic rings. The fourth-order valence-corrected chi connectivity index (χ4v) is 3.72. The third-order valence-electron chi connectivity index (χ3n) is 4.08. The van der Waals surface area contributed by atoms with Crippen molar-refractivity contribution < 1.29 is 0 Å². The Morgan fingerprint density at radius 3 is 2.56 bits per heavy atom. The van der Waals surface area contributed by atoms with Gasteiger partial charge in [-0.25, -0.2) is 0 Å². The fourth-order valence-electron chi connectivity index (χ4n) is 2.98. The van der Waals surface area contributed by atoms with E-state index in [1.807, 2.05) is 12.4 Å². The van der Waals surface area contributed by atoms with E-state index in [1.54, 1.807) is 0 Å². The highest BCUT2D eigenvalue weighted by Crippen LogP contribution is 2.40. The maximum absolute atomic E-state index is 4.06. The molecular weight excluding hydrogens is 288 g/mol. The van der Waals surface area contributed by atoms with Gasteiger partial charge in [0.05, 0.1) is 0 Å². The molecule has 0 atom stereocenters. The molecule has 1 aromatic heterocycles. The molecule has 0 radical (unpaired) electrons. The first-order valence-electron chi connectivity index (χ1n) is 6.88. The Labute approximate surface area is 119 Å². The number of aromatic nitrogens is 1. The summed E-state index contributed by atoms with van der Waals surface area (Å²) < 4.78 is 0. The Balaban J connectivity index is 1.79. The molecule has 0 saturated heterocycles. The second kappa shape index (κ2) is 6.67. The molecule has 1 saturated carbocycles. The molecule has 1 fully saturated rings. The van der Waals surface area contributed by atoms with E-state index in [0.717, 1.165) is 18.3 Å². The van der Waals surface area contributed by atoms with Gasteiger partial charge < -0.3 is 4.90 Å². The zero-order valence-corrected chi connectivity index (χ0v) is 12.8. The highest BCUT2D eigenvalue weighted by Gasteiger charge is 2.33. The summed E-state index contributed by atoms with van der Waals surface area (Å²) in [7, 11) is 2.25. The molecule has 3 heteroatoms. The van der Waals surface area contributed by atoms with Crippen molar-refractivity contribution in [2.45, 2.75) is 32.1 Å². The molecule has 0 N–H and O–H groups in total. The van der Waals surface area contributed by atoms with Gasteiger partial charge in [0.25, 0.3) is 0 Å². The Hall–Kier alpha value is -0.410. The smallest absolute Gasteiger partial charge is 0.0270 e. The maximum Gasteiger partial charge on any atom is 0.0270 e. The van der Waals surface area contributed by atoms with Crippen LogP contribution in [0.2, 0.25) is 0 Å². The van der Waals surface area contributed by atoms with Crippen LogP contribution in [0.1, 0.15) is 31.2 Å². The summed E-state index contributed by atoms with van der Waals surface area (Å²) in [4.78, 5) is 6.55. The minimum atomic E-state index is 0.535. The van der Waals surface area contributed by atoms with Crippen molar-refractivity contribution in [2.75, 3.05) is 25.5 Å². The highest BCUT2D eigenvalue weighted by atomic mass is 79.9. The average Bonchev–Trinajstić information content (AvgIpc) is 2.87. The molecule has 0 amide bonds. The lowest BCUT2D eigenvalue weighted by molar-refractivity contribution is 0.204. The second-order valence-electron chi connectivity index (χ2n) is 5.68. The van der Waals surface area contributed by atoms with Crippen LogP contribution in [0.25, 0.3) is 0 Å². The first-order valence-corrected chi connectivity index (χ1v) is 8.00. The van der Waals surface area contributed by atoms with E-state index in [-0.39, 0.29) is 0 Å². The van der Waals surface area contributed by atoms with Gasteiger partial charge in [-0.15, -0.1) is 0 Å². The number of halogens is 1. The summed E-state index contributed by atoms with van der Waals surface area (Å²) in [5, 5.41) is 1.15. The van der Waals surface area contributed by atoms with Gasteiger partial charge >= 0.3 is 0 Å². The summed E-state index contributed by atoms with van der Waals surface area (Å²) in [6.07, 6.45) is 10.5. The Morgan fingerprint density at radius 1 is 1.28 bits per heavy atom. The van der Waals surface area contributed by atoms with Crippen LogP contribution in [-0.2, 0) is 6.42 Å². The van der Waals surface area contributed by atoms with Crippen molar-refractivity contribution in [1.29, 1.82) is 0 Å². The second-order valence-corrected chi connectivity index (χ2v) is 6.24. The number of rotatable bonds is 6. The molecule has 2 nitrogen and oxygen atoms in total. The maximum atomic E-state index is 4.06. The predicted molar refractivity (Wildman–Crippen MR) is 80.1 cm³/mol. The summed E-state index contributed by atoms with van der Waals surface area (Å²) in [5.74, 6) is 0. The van der Waals surface area contributed by atoms with Crippen molar-refractivity contribution >= 4 is 15.9 Å². The molecule has 100 valence electrons. The number of nitrogens with zero attached hydrogens (tertiary/aromatic N) is 2. The molecule has 1 aliphatic carbocycles. The van der Waals surface area contributed by atoms with Crippen LogP contribution in [0.5, 0.6) is 0 Å². The Bertz CT molecular complexity index is 347. The van der Waals surface area contributed by atoms with Gasteiger partial charge in [0.1, 0.15) is 0 Å². The summed E-state index contributed by atoms with van der Waals surface area (Å²) in [5.41, 5.74) is 1.92. The van der Waals surface area contributed by atoms with E-state index >= 15 is 0 Å². The summed E-state index contributed by atoms with van der Waals surface area (Å²) in [6, 6.07) is 4.23. The van der Waals surface area contributed by atoms with Crippen LogP contribution in [0.4, 0.5) is 0 Å². The van der Waals surface area contributed by atoms with E-state index < -0.39 is 0 Å². The molecule has 1 aromatic rings. The summed E-state index contributed by atoms with van der Waals surface area (Å²) >= 11 is 3.72. The molecule has 0 unspecified atom stereocenters. The van der Waals surface area contributed by atoms with Crippen molar-refractivity contribution in [3.05, 3.63) is 30.1 Å². The van der Waals surface area contributed by atoms with Gasteiger partial charge in [-0.1, -0.05) is 28.8 Å². The van der Waals surface area contributed by atoms with E-state index in [9.17, 15) is 0 Å². The van der Waals surface area contributed by atoms with Crippen LogP contribution < -0.4 is 0 Å². The minimum absolute atomic E-state index is 0.535. The van der Waals surface area contributed by atoms with Crippen molar-refractivity contribution in [1.82, 2.24) is 9.88 Å². The molecule has 0 aliphatic heterocycles. The van der Waals surface area contributed by atoms with E-state index in [2.05, 4.69) is 45.0 Å². The van der Waals surface area contributed by atoms with Crippen LogP contribution >= 0.6 is 15.9 Å². The van der Waals surface area contributed by atoms with E-state index in [4.69, 9.17) is 0 Å². The SMILES string of the molecule is CN(CCc1ccncc1)CC1(CBr)CCCC1. The Morgan fingerprint density at radius 2 is 1.94 bits per heavy atom. The van der Waals surface area contributed by atoms with Gasteiger partial charge in [0.2, 0.25) is 0 Å². The number of alkyl halides is 1. The molecule has 2 rings (SSSR count). The molecular formula is C15H23BrN2. The minimum Gasteiger partial charge on any atom is -0.305 e. The van der Waals surface area contributed by atoms with Gasteiger partial charge in [-0.05, 0) is 49.4 Å². The van der Waals surface area contributed by atoms with Crippen molar-refractivity contribution in [2.24, 2.45) is 5.41 Å². The third-order valence-corrected chi connectivity index (χ3v) is 5.27. The quantitative estimate of drug-likeness (QED) is 0.747. The van der Waals surface area contributed by atoms with Crippen LogP contribution in [0.3, 0.4) is 0 Å². The first-order chi connectivity index (χ1) is 8.74. The van der Waals surface area contributed by atoms with Crippen LogP contribution in [0, 0.1) is 5.41 Å². The molecule has 0 bridgehead atoms. The first kappa shape index (κ1) is 14.0. The zero-order valence-electron chi connectivity index (χ0n) is 11.2. The fraction of sp³-hybridized carbons (Fsp3) is 0.667. The highest BCUT2D eigenvalue weighted by molar-refractivity contribution is 9.09. The molecule has 1 heterocycles. The van der Waals surface area contributed by atoms with Crippen LogP contribution in [0.15, 0.2) is 24.5 Å². The van der Waals surface area contributed by atoms with Gasteiger partial charge in [-0.3, -0.25) is 4.98 Å². The molecule has 0 spiro atoms. The third kappa shape index (κ3) is 3.79. The van der Waals surface area contributed by atoms with Gasteiger partial charge in [0.15, 0.2) is 0 Å². The lowest BCUT2D eigenvalue weighted by atomic mass is 9.88. The average molecular weight is 311 g/mol. The van der Waals surface area contributed by atoms with E-state index in [0.29, 0.717) is 5.41 Å². The number of likely N-dealkylation sites (N-methyl/N-ethyl adjacent to an activating group) is 1. The molecule has 0 aromatic carbocycles. The summed E-state index contributed by atoms with van der Waals surface area (Å²) in [6.45, 7) is 2.36. The van der Waals surface area contributed by atoms with Crippen molar-refractivity contribution in [3.8, 4) is 0 Å². The normalized spacial score (nSPS) is 18.4. The topological polar surface area (TPSA) is 16.1 Å². The van der Waals surface area contributed by atoms with E-state index in [1.165, 1.54) is 37.8 Å². The largest absolute Gasteiger partial charge is 0.305 e. The zero-order chi connectivity index (χ0) is 12.8. The predicted octanol–water partition coefficient (Wildman–Crippen LogP) is 3.51. The Kier molecular flexibility index (Phi) is 5.19. The van der Waals surface area contributed by atoms with Crippen molar-refractivity contribution in [3.63, 3.8) is 0 Å². The monoisotopic (exact) mass is 310 g/mol. The standard InChI is InChI=1S/C15H23BrN2/c1-18(11-6-14-4-9-17-10-5-14)13-15(12-16)7-2-3-8-15/h4-5,9-10H,2-3,6-8,11-13H2,1H3. The number of hydrogen-bond acceptors (Lipinski definition) is 2. The lowest BCUT2D eigenvalue weighted by Crippen LogP contribution is -2.36. The number of hydrogen-bond donors (Lipinski definition) is 0. The van der Waals surface area contributed by atoms with Gasteiger partial charge in [0, 0.05) is 30.8 Å². The molecule has 18 heavy (non-hydrogen) atoms. The van der Waals surface area contributed by atoms with Gasteiger partial charge in [-0.2, -0.15) is 0 Å².